The molecule has 0 radical (unpaired) electrons. The molecule has 0 saturated carbocycles. The van der Waals surface area contributed by atoms with Crippen molar-refractivity contribution in [3.63, 3.8) is 0 Å². The summed E-state index contributed by atoms with van der Waals surface area (Å²) in [7, 11) is 0. The number of benzene rings is 2. The second kappa shape index (κ2) is 6.27. The van der Waals surface area contributed by atoms with Crippen LogP contribution in [0.1, 0.15) is 5.69 Å². The number of para-hydroxylation sites is 1. The number of aromatic nitrogens is 2. The highest BCUT2D eigenvalue weighted by Crippen LogP contribution is 2.18. The zero-order valence-corrected chi connectivity index (χ0v) is 14.2. The van der Waals surface area contributed by atoms with Gasteiger partial charge in [-0.05, 0) is 31.2 Å². The van der Waals surface area contributed by atoms with Crippen LogP contribution >= 0.6 is 0 Å². The molecule has 0 bridgehead atoms. The van der Waals surface area contributed by atoms with Gasteiger partial charge in [-0.1, -0.05) is 24.3 Å². The van der Waals surface area contributed by atoms with Gasteiger partial charge in [0, 0.05) is 6.07 Å². The molecule has 0 atom stereocenters. The van der Waals surface area contributed by atoms with Crippen LogP contribution < -0.4 is 28.2 Å². The summed E-state index contributed by atoms with van der Waals surface area (Å²) in [5.41, 5.74) is 2.31. The van der Waals surface area contributed by atoms with Crippen molar-refractivity contribution in [3.8, 4) is 5.69 Å². The number of rotatable bonds is 3. The quantitative estimate of drug-likeness (QED) is 0.496. The monoisotopic (exact) mass is 405 g/mol. The van der Waals surface area contributed by atoms with E-state index in [2.05, 4.69) is 15.3 Å². The average Bonchev–Trinajstić information content (AvgIpc) is 2.81. The molecule has 3 rings (SSSR count). The van der Waals surface area contributed by atoms with Gasteiger partial charge in [0.05, 0.1) is 17.1 Å². The largest absolute Gasteiger partial charge is 0.299 e. The van der Waals surface area contributed by atoms with Crippen LogP contribution in [0.15, 0.2) is 69.6 Å². The number of hydrogen-bond acceptors (Lipinski definition) is 3. The molecule has 0 spiro atoms. The highest BCUT2D eigenvalue weighted by Gasteiger charge is 2.11. The van der Waals surface area contributed by atoms with Crippen LogP contribution in [-0.4, -0.2) is 9.78 Å². The molecule has 1 heterocycles. The smallest absolute Gasteiger partial charge is 0.293 e. The summed E-state index contributed by atoms with van der Waals surface area (Å²) >= 11 is 1.91. The molecule has 3 aromatic rings. The first kappa shape index (κ1) is 14.7. The Morgan fingerprint density at radius 3 is 2.55 bits per heavy atom. The Bertz CT molecular complexity index is 881. The Hall–Kier alpha value is -2.22. The van der Waals surface area contributed by atoms with E-state index < -0.39 is 0 Å². The van der Waals surface area contributed by atoms with Crippen LogP contribution in [-0.2, 0) is 0 Å². The van der Waals surface area contributed by atoms with Gasteiger partial charge in [0.1, 0.15) is 0 Å². The molecule has 0 aliphatic heterocycles. The fourth-order valence-electron chi connectivity index (χ4n) is 2.07. The summed E-state index contributed by atoms with van der Waals surface area (Å²) in [5.74, 6) is 0. The molecule has 1 aromatic heterocycles. The fourth-order valence-corrected chi connectivity index (χ4v) is 2.64. The molecule has 0 aliphatic rings. The lowest BCUT2D eigenvalue weighted by Gasteiger charge is -1.99. The summed E-state index contributed by atoms with van der Waals surface area (Å²) in [6, 6.07) is 17.1. The first-order valence-electron chi connectivity index (χ1n) is 6.71. The van der Waals surface area contributed by atoms with E-state index >= 15 is 0 Å². The minimum Gasteiger partial charge on any atom is -0.293 e. The summed E-state index contributed by atoms with van der Waals surface area (Å²) < 4.78 is 2.58. The van der Waals surface area contributed by atoms with Crippen LogP contribution in [0, 0.1) is 10.5 Å². The van der Waals surface area contributed by atoms with Gasteiger partial charge in [-0.3, -0.25) is 9.89 Å². The third-order valence-electron chi connectivity index (χ3n) is 3.14. The van der Waals surface area contributed by atoms with Crippen molar-refractivity contribution in [2.24, 2.45) is 10.2 Å². The molecule has 0 unspecified atom stereocenters. The lowest BCUT2D eigenvalue weighted by molar-refractivity contribution is -0.328. The Balaban J connectivity index is 1.99. The van der Waals surface area contributed by atoms with Crippen LogP contribution in [0.3, 0.4) is 0 Å². The zero-order chi connectivity index (χ0) is 15.5. The first-order valence-corrected chi connectivity index (χ1v) is 7.87. The minimum absolute atomic E-state index is 0.208. The number of hydrogen-bond donors (Lipinski definition) is 1. The molecule has 110 valence electrons. The van der Waals surface area contributed by atoms with E-state index in [0.29, 0.717) is 11.4 Å². The van der Waals surface area contributed by atoms with Gasteiger partial charge in [-0.2, -0.15) is 5.11 Å². The van der Waals surface area contributed by atoms with Gasteiger partial charge in [0.15, 0.2) is 9.26 Å². The maximum atomic E-state index is 12.5. The Labute approximate surface area is 140 Å². The minimum atomic E-state index is -0.208. The second-order valence-corrected chi connectivity index (χ2v) is 6.10. The molecule has 22 heavy (non-hydrogen) atoms. The maximum Gasteiger partial charge on any atom is 0.299 e. The standard InChI is InChI=1S/C16H13IN4O/c1-11-15(19-18-13-7-5-6-12(17)10-13)16(22)21(20-11)14-8-3-2-4-9-14/h2-10,17H,1H3/p+1. The molecular weight excluding hydrogens is 391 g/mol. The van der Waals surface area contributed by atoms with Crippen molar-refractivity contribution in [2.75, 3.05) is 0 Å². The molecule has 2 aromatic carbocycles. The van der Waals surface area contributed by atoms with Gasteiger partial charge in [0.25, 0.3) is 28.2 Å². The molecule has 6 heteroatoms. The number of H-pyrrole nitrogens is 1. The van der Waals surface area contributed by atoms with Crippen molar-refractivity contribution < 1.29 is 22.6 Å². The summed E-state index contributed by atoms with van der Waals surface area (Å²) in [5, 5.41) is 11.3. The summed E-state index contributed by atoms with van der Waals surface area (Å²) in [4.78, 5) is 12.5. The average molecular weight is 405 g/mol. The number of nitrogens with one attached hydrogen (secondary N) is 1. The lowest BCUT2D eigenvalue weighted by atomic mass is 10.3. The van der Waals surface area contributed by atoms with Gasteiger partial charge < -0.3 is 0 Å². The SMILES string of the molecule is Cc1[nH]n(-c2ccccc2)c(=O)c1N=Nc1cccc([IH+])c1. The molecule has 1 N–H and O–H groups in total. The molecule has 5 nitrogen and oxygen atoms in total. The highest BCUT2D eigenvalue weighted by atomic mass is 127. The molecular formula is C16H14IN4O+. The highest BCUT2D eigenvalue weighted by molar-refractivity contribution is 5.44. The van der Waals surface area contributed by atoms with E-state index in [4.69, 9.17) is 0 Å². The predicted molar refractivity (Wildman–Crippen MR) is 81.8 cm³/mol. The first-order chi connectivity index (χ1) is 10.6. The second-order valence-electron chi connectivity index (χ2n) is 4.76. The van der Waals surface area contributed by atoms with Crippen LogP contribution in [0.4, 0.5) is 11.4 Å². The normalized spacial score (nSPS) is 11.2. The molecule has 0 saturated heterocycles. The summed E-state index contributed by atoms with van der Waals surface area (Å²) in [6.45, 7) is 1.81. The summed E-state index contributed by atoms with van der Waals surface area (Å²) in [6.07, 6.45) is 0. The van der Waals surface area contributed by atoms with Crippen LogP contribution in [0.5, 0.6) is 0 Å². The van der Waals surface area contributed by atoms with E-state index in [1.165, 1.54) is 4.68 Å². The zero-order valence-electron chi connectivity index (χ0n) is 11.9. The van der Waals surface area contributed by atoms with Crippen molar-refractivity contribution in [1.29, 1.82) is 0 Å². The van der Waals surface area contributed by atoms with E-state index in [0.717, 1.165) is 14.9 Å². The van der Waals surface area contributed by atoms with Gasteiger partial charge in [0.2, 0.25) is 0 Å². The van der Waals surface area contributed by atoms with Crippen molar-refractivity contribution in [3.05, 3.63) is 74.2 Å². The van der Waals surface area contributed by atoms with Crippen LogP contribution in [0.2, 0.25) is 0 Å². The maximum absolute atomic E-state index is 12.5. The molecule has 0 amide bonds. The van der Waals surface area contributed by atoms with Crippen molar-refractivity contribution >= 4 is 11.4 Å². The van der Waals surface area contributed by atoms with E-state index in [1.54, 1.807) is 0 Å². The van der Waals surface area contributed by atoms with E-state index in [-0.39, 0.29) is 5.56 Å². The number of aromatic amines is 1. The number of halogens is 1. The van der Waals surface area contributed by atoms with Crippen molar-refractivity contribution in [2.45, 2.75) is 6.92 Å². The fraction of sp³-hybridized carbons (Fsp3) is 0.0625. The Kier molecular flexibility index (Phi) is 4.19. The Morgan fingerprint density at radius 1 is 1.05 bits per heavy atom. The van der Waals surface area contributed by atoms with Gasteiger partial charge in [-0.25, -0.2) is 4.68 Å². The third kappa shape index (κ3) is 3.01. The van der Waals surface area contributed by atoms with Crippen molar-refractivity contribution in [1.82, 2.24) is 9.78 Å². The Morgan fingerprint density at radius 2 is 1.82 bits per heavy atom. The number of aryl methyl sites for hydroxylation is 1. The molecule has 0 fully saturated rings. The van der Waals surface area contributed by atoms with E-state index in [1.807, 2.05) is 84.1 Å². The number of nitrogens with zero attached hydrogens (tertiary/aromatic N) is 3. The van der Waals surface area contributed by atoms with Gasteiger partial charge in [-0.15, -0.1) is 5.11 Å². The lowest BCUT2D eigenvalue weighted by Crippen LogP contribution is -3.34. The number of azo groups is 1. The van der Waals surface area contributed by atoms with Gasteiger partial charge >= 0.3 is 0 Å². The topological polar surface area (TPSA) is 62.5 Å². The predicted octanol–water partition coefficient (Wildman–Crippen LogP) is 0.345. The van der Waals surface area contributed by atoms with E-state index in [9.17, 15) is 4.79 Å². The van der Waals surface area contributed by atoms with Crippen LogP contribution in [0.25, 0.3) is 5.69 Å². The third-order valence-corrected chi connectivity index (χ3v) is 3.86. The molecule has 0 aliphatic carbocycles.